The molecule has 31 heavy (non-hydrogen) atoms. The van der Waals surface area contributed by atoms with E-state index in [4.69, 9.17) is 27.8 Å². The molecule has 6 nitrogen and oxygen atoms in total. The second-order valence-electron chi connectivity index (χ2n) is 6.90. The number of carbonyl (C=O) groups is 1. The van der Waals surface area contributed by atoms with Gasteiger partial charge in [-0.3, -0.25) is 4.79 Å². The van der Waals surface area contributed by atoms with Gasteiger partial charge in [-0.2, -0.15) is 18.3 Å². The molecule has 1 heterocycles. The summed E-state index contributed by atoms with van der Waals surface area (Å²) in [5.74, 6) is -0.804. The number of nitrogen functional groups attached to an aromatic ring is 1. The Morgan fingerprint density at radius 1 is 1.19 bits per heavy atom. The Labute approximate surface area is 181 Å². The quantitative estimate of drug-likeness (QED) is 0.549. The van der Waals surface area contributed by atoms with Gasteiger partial charge in [-0.15, -0.1) is 0 Å². The van der Waals surface area contributed by atoms with Crippen molar-refractivity contribution in [2.75, 3.05) is 5.73 Å². The fraction of sp³-hybridized carbons (Fsp3) is 0.238. The molecule has 0 aliphatic rings. The number of alkyl halides is 3. The van der Waals surface area contributed by atoms with Gasteiger partial charge in [0.05, 0.1) is 24.8 Å². The van der Waals surface area contributed by atoms with Gasteiger partial charge in [-0.05, 0) is 30.2 Å². The normalized spacial score (nSPS) is 12.7. The van der Waals surface area contributed by atoms with Crippen LogP contribution in [0.25, 0.3) is 0 Å². The van der Waals surface area contributed by atoms with E-state index in [9.17, 15) is 18.0 Å². The van der Waals surface area contributed by atoms with Crippen molar-refractivity contribution in [2.45, 2.75) is 32.4 Å². The highest BCUT2D eigenvalue weighted by atomic mass is 35.5. The predicted octanol–water partition coefficient (Wildman–Crippen LogP) is 4.56. The van der Waals surface area contributed by atoms with Crippen molar-refractivity contribution < 1.29 is 22.7 Å². The van der Waals surface area contributed by atoms with Crippen LogP contribution in [0.1, 0.15) is 45.7 Å². The van der Waals surface area contributed by atoms with Crippen LogP contribution in [-0.2, 0) is 24.1 Å². The van der Waals surface area contributed by atoms with Gasteiger partial charge in [0.1, 0.15) is 17.1 Å². The van der Waals surface area contributed by atoms with Crippen LogP contribution < -0.4 is 11.5 Å². The van der Waals surface area contributed by atoms with Crippen LogP contribution in [0.3, 0.4) is 0 Å². The smallest absolute Gasteiger partial charge is 0.383 e. The Morgan fingerprint density at radius 3 is 2.45 bits per heavy atom. The number of primary amides is 1. The van der Waals surface area contributed by atoms with Gasteiger partial charge in [-0.25, -0.2) is 4.68 Å². The molecule has 0 radical (unpaired) electrons. The van der Waals surface area contributed by atoms with Crippen LogP contribution in [0.15, 0.2) is 48.5 Å². The minimum atomic E-state index is -4.52. The zero-order valence-corrected chi connectivity index (χ0v) is 17.2. The number of amides is 1. The second-order valence-corrected chi connectivity index (χ2v) is 7.31. The number of hydrogen-bond donors (Lipinski definition) is 2. The molecule has 10 heteroatoms. The third-order valence-corrected chi connectivity index (χ3v) is 5.09. The lowest BCUT2D eigenvalue weighted by Crippen LogP contribution is -2.17. The highest BCUT2D eigenvalue weighted by Crippen LogP contribution is 2.35. The first-order chi connectivity index (χ1) is 14.6. The fourth-order valence-corrected chi connectivity index (χ4v) is 3.51. The van der Waals surface area contributed by atoms with Crippen molar-refractivity contribution in [3.8, 4) is 0 Å². The summed E-state index contributed by atoms with van der Waals surface area (Å²) >= 11 is 6.09. The van der Waals surface area contributed by atoms with E-state index in [1.165, 1.54) is 10.7 Å². The van der Waals surface area contributed by atoms with Gasteiger partial charge in [0.25, 0.3) is 5.91 Å². The number of hydrogen-bond acceptors (Lipinski definition) is 4. The van der Waals surface area contributed by atoms with Gasteiger partial charge in [0.15, 0.2) is 0 Å². The van der Waals surface area contributed by atoms with Crippen molar-refractivity contribution in [2.24, 2.45) is 5.73 Å². The minimum absolute atomic E-state index is 0.00273. The second kappa shape index (κ2) is 8.99. The average molecular weight is 453 g/mol. The summed E-state index contributed by atoms with van der Waals surface area (Å²) in [5.41, 5.74) is 12.2. The lowest BCUT2D eigenvalue weighted by Gasteiger charge is -2.17. The highest BCUT2D eigenvalue weighted by molar-refractivity contribution is 6.31. The first kappa shape index (κ1) is 22.6. The molecule has 1 amide bonds. The summed E-state index contributed by atoms with van der Waals surface area (Å²) in [5, 5.41) is 4.24. The third-order valence-electron chi connectivity index (χ3n) is 4.76. The van der Waals surface area contributed by atoms with Crippen LogP contribution in [0.2, 0.25) is 5.02 Å². The molecule has 3 aromatic rings. The van der Waals surface area contributed by atoms with Crippen LogP contribution >= 0.6 is 11.6 Å². The van der Waals surface area contributed by atoms with E-state index in [-0.39, 0.29) is 35.3 Å². The lowest BCUT2D eigenvalue weighted by atomic mass is 10.1. The zero-order valence-electron chi connectivity index (χ0n) is 16.5. The lowest BCUT2D eigenvalue weighted by molar-refractivity contribution is -0.137. The molecule has 0 bridgehead atoms. The number of nitrogens with zero attached hydrogens (tertiary/aromatic N) is 2. The molecule has 1 atom stereocenters. The van der Waals surface area contributed by atoms with E-state index < -0.39 is 23.7 Å². The number of ether oxygens (including phenoxy) is 1. The van der Waals surface area contributed by atoms with E-state index in [1.807, 2.05) is 30.3 Å². The Hall–Kier alpha value is -3.04. The topological polar surface area (TPSA) is 96.2 Å². The highest BCUT2D eigenvalue weighted by Gasteiger charge is 2.32. The number of carbonyl (C=O) groups excluding carboxylic acids is 1. The number of anilines is 1. The monoisotopic (exact) mass is 452 g/mol. The minimum Gasteiger partial charge on any atom is -0.383 e. The van der Waals surface area contributed by atoms with E-state index in [1.54, 1.807) is 6.92 Å². The summed E-state index contributed by atoms with van der Waals surface area (Å²) in [4.78, 5) is 12.0. The van der Waals surface area contributed by atoms with Crippen LogP contribution in [-0.4, -0.2) is 15.7 Å². The fourth-order valence-electron chi connectivity index (χ4n) is 3.17. The molecule has 164 valence electrons. The summed E-state index contributed by atoms with van der Waals surface area (Å²) in [6, 6.07) is 11.8. The van der Waals surface area contributed by atoms with Gasteiger partial charge in [0.2, 0.25) is 0 Å². The summed E-state index contributed by atoms with van der Waals surface area (Å²) < 4.78 is 45.7. The molecule has 0 saturated heterocycles. The van der Waals surface area contributed by atoms with E-state index in [2.05, 4.69) is 5.10 Å². The molecule has 0 aliphatic carbocycles. The van der Waals surface area contributed by atoms with E-state index >= 15 is 0 Å². The molecule has 4 N–H and O–H groups in total. The molecule has 3 rings (SSSR count). The van der Waals surface area contributed by atoms with Gasteiger partial charge in [0, 0.05) is 5.02 Å². The maximum Gasteiger partial charge on any atom is 0.416 e. The van der Waals surface area contributed by atoms with Crippen molar-refractivity contribution in [1.29, 1.82) is 0 Å². The number of nitrogens with two attached hydrogens (primary N) is 2. The summed E-state index contributed by atoms with van der Waals surface area (Å²) in [6.07, 6.45) is -4.52. The molecule has 0 saturated carbocycles. The Bertz CT molecular complexity index is 1080. The average Bonchev–Trinajstić information content (AvgIpc) is 3.04. The first-order valence-electron chi connectivity index (χ1n) is 9.24. The van der Waals surface area contributed by atoms with Crippen molar-refractivity contribution in [1.82, 2.24) is 9.78 Å². The van der Waals surface area contributed by atoms with Gasteiger partial charge in [-0.1, -0.05) is 48.0 Å². The van der Waals surface area contributed by atoms with E-state index in [0.29, 0.717) is 5.56 Å². The van der Waals surface area contributed by atoms with E-state index in [0.717, 1.165) is 17.7 Å². The van der Waals surface area contributed by atoms with Crippen LogP contribution in [0.5, 0.6) is 0 Å². The maximum absolute atomic E-state index is 12.9. The SMILES string of the molecule is CC(c1ccc(C(F)(F)F)cc1Cl)n1nc(COCc2ccccc2)c(C(N)=O)c1N. The molecule has 1 aromatic heterocycles. The molecular weight excluding hydrogens is 433 g/mol. The third kappa shape index (κ3) is 5.00. The molecule has 2 aromatic carbocycles. The Morgan fingerprint density at radius 2 is 1.87 bits per heavy atom. The van der Waals surface area contributed by atoms with Gasteiger partial charge >= 0.3 is 6.18 Å². The Balaban J connectivity index is 1.87. The molecule has 0 spiro atoms. The van der Waals surface area contributed by atoms with Crippen molar-refractivity contribution in [3.63, 3.8) is 0 Å². The molecule has 0 fully saturated rings. The summed E-state index contributed by atoms with van der Waals surface area (Å²) in [7, 11) is 0. The Kier molecular flexibility index (Phi) is 6.56. The maximum atomic E-state index is 12.9. The predicted molar refractivity (Wildman–Crippen MR) is 110 cm³/mol. The number of rotatable bonds is 7. The standard InChI is InChI=1S/C21H20ClF3N4O2/c1-12(15-8-7-14(9-16(15)22)21(23,24)25)29-19(26)18(20(27)30)17(28-29)11-31-10-13-5-3-2-4-6-13/h2-9,12H,10-11,26H2,1H3,(H2,27,30). The number of halogens is 4. The molecule has 1 unspecified atom stereocenters. The number of benzene rings is 2. The molecular formula is C21H20ClF3N4O2. The zero-order chi connectivity index (χ0) is 22.8. The van der Waals surface area contributed by atoms with Crippen molar-refractivity contribution in [3.05, 3.63) is 81.5 Å². The van der Waals surface area contributed by atoms with Gasteiger partial charge < -0.3 is 16.2 Å². The van der Waals surface area contributed by atoms with Crippen LogP contribution in [0.4, 0.5) is 19.0 Å². The summed E-state index contributed by atoms with van der Waals surface area (Å²) in [6.45, 7) is 1.90. The van der Waals surface area contributed by atoms with Crippen molar-refractivity contribution >= 4 is 23.3 Å². The first-order valence-corrected chi connectivity index (χ1v) is 9.62. The largest absolute Gasteiger partial charge is 0.416 e. The van der Waals surface area contributed by atoms with Crippen LogP contribution in [0, 0.1) is 0 Å². The number of aromatic nitrogens is 2. The molecule has 0 aliphatic heterocycles.